The number of rotatable bonds is 7. The maximum absolute atomic E-state index is 13.3. The van der Waals surface area contributed by atoms with Gasteiger partial charge in [0.25, 0.3) is 0 Å². The summed E-state index contributed by atoms with van der Waals surface area (Å²) < 4.78 is 26.0. The fourth-order valence-electron chi connectivity index (χ4n) is 1.60. The summed E-state index contributed by atoms with van der Waals surface area (Å²) in [6, 6.07) is 2.81. The molecule has 0 atom stereocenters. The first-order valence-electron chi connectivity index (χ1n) is 6.54. The molecular weight excluding hydrogens is 266 g/mol. The molecule has 0 bridgehead atoms. The van der Waals surface area contributed by atoms with Crippen LogP contribution in [0, 0.1) is 11.6 Å². The van der Waals surface area contributed by atoms with Crippen molar-refractivity contribution in [2.24, 2.45) is 0 Å². The molecule has 1 aromatic carbocycles. The van der Waals surface area contributed by atoms with Crippen LogP contribution in [0.4, 0.5) is 14.5 Å². The molecule has 110 valence electrons. The Morgan fingerprint density at radius 2 is 1.90 bits per heavy atom. The topological polar surface area (TPSA) is 58.2 Å². The van der Waals surface area contributed by atoms with Crippen molar-refractivity contribution in [2.75, 3.05) is 11.9 Å². The zero-order valence-corrected chi connectivity index (χ0v) is 11.3. The van der Waals surface area contributed by atoms with Crippen LogP contribution in [0.2, 0.25) is 0 Å². The fraction of sp³-hybridized carbons (Fsp3) is 0.429. The number of hydrogen-bond donors (Lipinski definition) is 2. The Morgan fingerprint density at radius 3 is 2.55 bits per heavy atom. The highest BCUT2D eigenvalue weighted by molar-refractivity contribution is 6.03. The number of unbranched alkanes of at least 4 members (excludes halogenated alkanes) is 2. The SMILES string of the molecule is CCCCCNC(=O)CC(=O)Nc1ccc(F)cc1F. The van der Waals surface area contributed by atoms with E-state index in [9.17, 15) is 18.4 Å². The minimum absolute atomic E-state index is 0.143. The highest BCUT2D eigenvalue weighted by Gasteiger charge is 2.11. The summed E-state index contributed by atoms with van der Waals surface area (Å²) in [6.45, 7) is 2.57. The fourth-order valence-corrected chi connectivity index (χ4v) is 1.60. The lowest BCUT2D eigenvalue weighted by Crippen LogP contribution is -2.29. The molecule has 0 fully saturated rings. The average molecular weight is 284 g/mol. The molecule has 0 aromatic heterocycles. The third-order valence-electron chi connectivity index (χ3n) is 2.63. The molecule has 0 saturated carbocycles. The second kappa shape index (κ2) is 8.24. The van der Waals surface area contributed by atoms with Gasteiger partial charge >= 0.3 is 0 Å². The number of carbonyl (C=O) groups is 2. The predicted molar refractivity (Wildman–Crippen MR) is 72.1 cm³/mol. The summed E-state index contributed by atoms with van der Waals surface area (Å²) in [6.07, 6.45) is 2.52. The number of benzene rings is 1. The van der Waals surface area contributed by atoms with Crippen molar-refractivity contribution in [3.05, 3.63) is 29.8 Å². The molecule has 6 heteroatoms. The molecule has 0 spiro atoms. The maximum Gasteiger partial charge on any atom is 0.233 e. The molecule has 1 aromatic rings. The quantitative estimate of drug-likeness (QED) is 0.597. The summed E-state index contributed by atoms with van der Waals surface area (Å²) in [4.78, 5) is 22.9. The van der Waals surface area contributed by atoms with Crippen LogP contribution >= 0.6 is 0 Å². The third-order valence-corrected chi connectivity index (χ3v) is 2.63. The molecule has 0 aliphatic rings. The van der Waals surface area contributed by atoms with Gasteiger partial charge in [-0.25, -0.2) is 8.78 Å². The van der Waals surface area contributed by atoms with Gasteiger partial charge in [0.1, 0.15) is 18.1 Å². The molecule has 2 amide bonds. The van der Waals surface area contributed by atoms with Gasteiger partial charge in [-0.1, -0.05) is 19.8 Å². The maximum atomic E-state index is 13.3. The highest BCUT2D eigenvalue weighted by Crippen LogP contribution is 2.14. The lowest BCUT2D eigenvalue weighted by atomic mass is 10.2. The van der Waals surface area contributed by atoms with E-state index < -0.39 is 23.4 Å². The van der Waals surface area contributed by atoms with Crippen molar-refractivity contribution in [3.63, 3.8) is 0 Å². The number of hydrogen-bond acceptors (Lipinski definition) is 2. The van der Waals surface area contributed by atoms with Crippen LogP contribution in [0.3, 0.4) is 0 Å². The van der Waals surface area contributed by atoms with Gasteiger partial charge in [-0.3, -0.25) is 9.59 Å². The average Bonchev–Trinajstić information content (AvgIpc) is 2.38. The Kier molecular flexibility index (Phi) is 6.63. The third kappa shape index (κ3) is 5.77. The van der Waals surface area contributed by atoms with Crippen LogP contribution in [0.25, 0.3) is 0 Å². The first kappa shape index (κ1) is 16.1. The Morgan fingerprint density at radius 1 is 1.15 bits per heavy atom. The lowest BCUT2D eigenvalue weighted by molar-refractivity contribution is -0.126. The molecule has 1 rings (SSSR count). The highest BCUT2D eigenvalue weighted by atomic mass is 19.1. The van der Waals surface area contributed by atoms with Gasteiger partial charge in [-0.2, -0.15) is 0 Å². The summed E-state index contributed by atoms with van der Waals surface area (Å²) >= 11 is 0. The number of amides is 2. The van der Waals surface area contributed by atoms with E-state index in [1.807, 2.05) is 6.92 Å². The second-order valence-electron chi connectivity index (χ2n) is 4.41. The zero-order chi connectivity index (χ0) is 15.0. The summed E-state index contributed by atoms with van der Waals surface area (Å²) in [7, 11) is 0. The van der Waals surface area contributed by atoms with Gasteiger partial charge < -0.3 is 10.6 Å². The van der Waals surface area contributed by atoms with Crippen LogP contribution in [-0.2, 0) is 9.59 Å². The van der Waals surface area contributed by atoms with Crippen molar-refractivity contribution in [3.8, 4) is 0 Å². The molecule has 0 unspecified atom stereocenters. The minimum Gasteiger partial charge on any atom is -0.356 e. The normalized spacial score (nSPS) is 10.2. The Bertz CT molecular complexity index is 478. The van der Waals surface area contributed by atoms with Crippen LogP contribution < -0.4 is 10.6 Å². The Labute approximate surface area is 116 Å². The summed E-state index contributed by atoms with van der Waals surface area (Å²) in [5.74, 6) is -2.65. The van der Waals surface area contributed by atoms with Gasteiger partial charge in [0.05, 0.1) is 5.69 Å². The first-order chi connectivity index (χ1) is 9.52. The molecule has 0 aliphatic heterocycles. The Balaban J connectivity index is 2.37. The van der Waals surface area contributed by atoms with Crippen LogP contribution in [0.15, 0.2) is 18.2 Å². The molecule has 0 saturated heterocycles. The molecular formula is C14H18F2N2O2. The molecule has 4 nitrogen and oxygen atoms in total. The number of nitrogens with one attached hydrogen (secondary N) is 2. The minimum atomic E-state index is -0.873. The van der Waals surface area contributed by atoms with E-state index in [2.05, 4.69) is 10.6 Å². The molecule has 0 aliphatic carbocycles. The van der Waals surface area contributed by atoms with E-state index >= 15 is 0 Å². The van der Waals surface area contributed by atoms with Gasteiger partial charge in [0.15, 0.2) is 0 Å². The van der Waals surface area contributed by atoms with Gasteiger partial charge in [0, 0.05) is 12.6 Å². The van der Waals surface area contributed by atoms with Crippen molar-refractivity contribution in [2.45, 2.75) is 32.6 Å². The van der Waals surface area contributed by atoms with E-state index in [0.717, 1.165) is 31.4 Å². The van der Waals surface area contributed by atoms with Crippen molar-refractivity contribution < 1.29 is 18.4 Å². The molecule has 0 radical (unpaired) electrons. The molecule has 2 N–H and O–H groups in total. The first-order valence-corrected chi connectivity index (χ1v) is 6.54. The van der Waals surface area contributed by atoms with Crippen LogP contribution in [-0.4, -0.2) is 18.4 Å². The van der Waals surface area contributed by atoms with Crippen molar-refractivity contribution >= 4 is 17.5 Å². The van der Waals surface area contributed by atoms with Crippen LogP contribution in [0.1, 0.15) is 32.6 Å². The number of halogens is 2. The van der Waals surface area contributed by atoms with E-state index in [-0.39, 0.29) is 12.1 Å². The van der Waals surface area contributed by atoms with Gasteiger partial charge in [0.2, 0.25) is 11.8 Å². The largest absolute Gasteiger partial charge is 0.356 e. The van der Waals surface area contributed by atoms with Crippen molar-refractivity contribution in [1.82, 2.24) is 5.32 Å². The standard InChI is InChI=1S/C14H18F2N2O2/c1-2-3-4-7-17-13(19)9-14(20)18-12-6-5-10(15)8-11(12)16/h5-6,8H,2-4,7,9H2,1H3,(H,17,19)(H,18,20). The summed E-state index contributed by atoms with van der Waals surface area (Å²) in [5, 5.41) is 4.83. The van der Waals surface area contributed by atoms with E-state index in [4.69, 9.17) is 0 Å². The van der Waals surface area contributed by atoms with E-state index in [1.54, 1.807) is 0 Å². The zero-order valence-electron chi connectivity index (χ0n) is 11.3. The number of anilines is 1. The summed E-state index contributed by atoms with van der Waals surface area (Å²) in [5.41, 5.74) is -0.143. The van der Waals surface area contributed by atoms with Gasteiger partial charge in [-0.15, -0.1) is 0 Å². The van der Waals surface area contributed by atoms with Crippen molar-refractivity contribution in [1.29, 1.82) is 0 Å². The monoisotopic (exact) mass is 284 g/mol. The number of carbonyl (C=O) groups excluding carboxylic acids is 2. The van der Waals surface area contributed by atoms with Crippen LogP contribution in [0.5, 0.6) is 0 Å². The predicted octanol–water partition coefficient (Wildman–Crippen LogP) is 2.60. The molecule has 0 heterocycles. The second-order valence-corrected chi connectivity index (χ2v) is 4.41. The van der Waals surface area contributed by atoms with Gasteiger partial charge in [-0.05, 0) is 18.6 Å². The smallest absolute Gasteiger partial charge is 0.233 e. The Hall–Kier alpha value is -1.98. The molecule has 20 heavy (non-hydrogen) atoms. The van der Waals surface area contributed by atoms with E-state index in [1.165, 1.54) is 0 Å². The lowest BCUT2D eigenvalue weighted by Gasteiger charge is -2.07. The van der Waals surface area contributed by atoms with E-state index in [0.29, 0.717) is 12.6 Å².